The molecule has 0 heterocycles. The normalized spacial score (nSPS) is 12.9. The minimum atomic E-state index is -0.816. The lowest BCUT2D eigenvalue weighted by molar-refractivity contribution is -0.167. The standard InChI is InChI=1S/C65H108O6/c1-4-7-10-13-16-19-22-25-28-30-32-34-37-39-42-45-48-51-54-57-63(66)69-60-62(71-65(68)59-56-53-50-47-44-41-36-27-24-21-18-15-12-9-6-3)61-70-64(67)58-55-52-49-46-43-40-38-35-33-31-29-26-23-20-17-14-11-8-5-2/h9,12,16,18-19,21,25-29,32,34,36,39,42,44,47,62H,4-8,10-11,13-15,17,20,22-24,30-31,33,35,37-38,40-41,43,45-46,48-61H2,1-3H3/b12-9-,19-16-,21-18-,28-25-,29-26-,34-32-,36-27-,42-39-,47-44-/t62-/m1/s1. The third kappa shape index (κ3) is 56.9. The van der Waals surface area contributed by atoms with Crippen molar-refractivity contribution in [1.82, 2.24) is 0 Å². The Bertz CT molecular complexity index is 1460. The Kier molecular flexibility index (Phi) is 55.4. The Morgan fingerprint density at radius 2 is 0.549 bits per heavy atom. The fraction of sp³-hybridized carbons (Fsp3) is 0.677. The van der Waals surface area contributed by atoms with E-state index in [0.717, 1.165) is 103 Å². The van der Waals surface area contributed by atoms with Crippen LogP contribution in [0.1, 0.15) is 265 Å². The van der Waals surface area contributed by atoms with Gasteiger partial charge < -0.3 is 14.2 Å². The van der Waals surface area contributed by atoms with Gasteiger partial charge >= 0.3 is 17.9 Å². The Hall–Kier alpha value is -3.93. The van der Waals surface area contributed by atoms with Crippen LogP contribution in [0.2, 0.25) is 0 Å². The van der Waals surface area contributed by atoms with Gasteiger partial charge in [-0.15, -0.1) is 0 Å². The van der Waals surface area contributed by atoms with Gasteiger partial charge in [0.1, 0.15) is 13.2 Å². The van der Waals surface area contributed by atoms with E-state index < -0.39 is 6.10 Å². The number of hydrogen-bond donors (Lipinski definition) is 0. The Morgan fingerprint density at radius 1 is 0.296 bits per heavy atom. The number of esters is 3. The van der Waals surface area contributed by atoms with Crippen LogP contribution in [0, 0.1) is 0 Å². The van der Waals surface area contributed by atoms with E-state index in [9.17, 15) is 14.4 Å². The summed E-state index contributed by atoms with van der Waals surface area (Å²) in [5.41, 5.74) is 0. The maximum Gasteiger partial charge on any atom is 0.306 e. The maximum absolute atomic E-state index is 12.8. The molecule has 0 rings (SSSR count). The van der Waals surface area contributed by atoms with Crippen LogP contribution in [0.4, 0.5) is 0 Å². The molecule has 1 atom stereocenters. The van der Waals surface area contributed by atoms with E-state index in [1.807, 2.05) is 0 Å². The molecule has 0 aliphatic carbocycles. The largest absolute Gasteiger partial charge is 0.462 e. The first-order chi connectivity index (χ1) is 35.0. The molecule has 0 saturated carbocycles. The second kappa shape index (κ2) is 58.6. The van der Waals surface area contributed by atoms with Gasteiger partial charge in [-0.05, 0) is 128 Å². The third-order valence-corrected chi connectivity index (χ3v) is 12.2. The number of allylic oxidation sites excluding steroid dienone is 18. The average Bonchev–Trinajstić information content (AvgIpc) is 3.37. The summed E-state index contributed by atoms with van der Waals surface area (Å²) in [4.78, 5) is 38.2. The molecule has 0 aromatic carbocycles. The number of hydrogen-bond acceptors (Lipinski definition) is 6. The molecule has 0 spiro atoms. The molecule has 0 N–H and O–H groups in total. The number of ether oxygens (including phenoxy) is 3. The molecule has 6 nitrogen and oxygen atoms in total. The van der Waals surface area contributed by atoms with E-state index in [2.05, 4.69) is 130 Å². The third-order valence-electron chi connectivity index (χ3n) is 12.2. The SMILES string of the molecule is CC/C=C\C/C=C\C/C=C\C/C=C\CCCCC(=O)O[C@H](COC(=O)CCCCC/C=C\C/C=C\C/C=C\C/C=C\CCCCC)COC(=O)CCCCCCCCCCC/C=C\CCCCCCCC. The number of carbonyl (C=O) groups excluding carboxylic acids is 3. The van der Waals surface area contributed by atoms with Gasteiger partial charge in [0.05, 0.1) is 0 Å². The van der Waals surface area contributed by atoms with Crippen molar-refractivity contribution < 1.29 is 28.6 Å². The molecule has 0 saturated heterocycles. The van der Waals surface area contributed by atoms with Crippen LogP contribution in [-0.2, 0) is 28.6 Å². The summed E-state index contributed by atoms with van der Waals surface area (Å²) in [5, 5.41) is 0. The van der Waals surface area contributed by atoms with Crippen LogP contribution in [-0.4, -0.2) is 37.2 Å². The highest BCUT2D eigenvalue weighted by molar-refractivity contribution is 5.71. The van der Waals surface area contributed by atoms with Crippen molar-refractivity contribution in [1.29, 1.82) is 0 Å². The zero-order chi connectivity index (χ0) is 51.4. The molecule has 71 heavy (non-hydrogen) atoms. The summed E-state index contributed by atoms with van der Waals surface area (Å²) in [6.07, 6.45) is 79.4. The summed E-state index contributed by atoms with van der Waals surface area (Å²) >= 11 is 0. The van der Waals surface area contributed by atoms with E-state index in [4.69, 9.17) is 14.2 Å². The molecule has 0 radical (unpaired) electrons. The molecule has 404 valence electrons. The van der Waals surface area contributed by atoms with Crippen LogP contribution < -0.4 is 0 Å². The van der Waals surface area contributed by atoms with Gasteiger partial charge in [0.2, 0.25) is 0 Å². The number of carbonyl (C=O) groups is 3. The molecule has 0 aliphatic rings. The lowest BCUT2D eigenvalue weighted by atomic mass is 10.1. The average molecular weight is 986 g/mol. The highest BCUT2D eigenvalue weighted by Crippen LogP contribution is 2.14. The molecule has 0 bridgehead atoms. The first kappa shape index (κ1) is 67.1. The zero-order valence-electron chi connectivity index (χ0n) is 46.2. The predicted molar refractivity (Wildman–Crippen MR) is 307 cm³/mol. The maximum atomic E-state index is 12.8. The van der Waals surface area contributed by atoms with E-state index in [1.165, 1.54) is 116 Å². The number of unbranched alkanes of at least 4 members (excludes halogenated alkanes) is 23. The van der Waals surface area contributed by atoms with Gasteiger partial charge in [0.15, 0.2) is 6.10 Å². The van der Waals surface area contributed by atoms with Crippen molar-refractivity contribution in [2.24, 2.45) is 0 Å². The highest BCUT2D eigenvalue weighted by atomic mass is 16.6. The molecule has 0 aromatic rings. The molecule has 0 amide bonds. The van der Waals surface area contributed by atoms with Crippen molar-refractivity contribution in [3.05, 3.63) is 109 Å². The first-order valence-electron chi connectivity index (χ1n) is 29.4. The van der Waals surface area contributed by atoms with E-state index >= 15 is 0 Å². The minimum absolute atomic E-state index is 0.107. The van der Waals surface area contributed by atoms with Crippen molar-refractivity contribution in [2.75, 3.05) is 13.2 Å². The quantitative estimate of drug-likeness (QED) is 0.0261. The van der Waals surface area contributed by atoms with Gasteiger partial charge in [0, 0.05) is 19.3 Å². The van der Waals surface area contributed by atoms with Crippen molar-refractivity contribution in [3.8, 4) is 0 Å². The second-order valence-electron chi connectivity index (χ2n) is 19.2. The van der Waals surface area contributed by atoms with E-state index in [1.54, 1.807) is 0 Å². The lowest BCUT2D eigenvalue weighted by Gasteiger charge is -2.18. The zero-order valence-corrected chi connectivity index (χ0v) is 46.2. The minimum Gasteiger partial charge on any atom is -0.462 e. The number of rotatable bonds is 52. The first-order valence-corrected chi connectivity index (χ1v) is 29.4. The van der Waals surface area contributed by atoms with Gasteiger partial charge in [0.25, 0.3) is 0 Å². The van der Waals surface area contributed by atoms with Gasteiger partial charge in [-0.2, -0.15) is 0 Å². The van der Waals surface area contributed by atoms with Crippen molar-refractivity contribution in [2.45, 2.75) is 271 Å². The molecule has 6 heteroatoms. The monoisotopic (exact) mass is 985 g/mol. The Balaban J connectivity index is 4.49. The second-order valence-corrected chi connectivity index (χ2v) is 19.2. The van der Waals surface area contributed by atoms with Crippen LogP contribution >= 0.6 is 0 Å². The highest BCUT2D eigenvalue weighted by Gasteiger charge is 2.19. The molecular weight excluding hydrogens is 877 g/mol. The lowest BCUT2D eigenvalue weighted by Crippen LogP contribution is -2.30. The Morgan fingerprint density at radius 3 is 0.944 bits per heavy atom. The van der Waals surface area contributed by atoms with E-state index in [0.29, 0.717) is 19.3 Å². The molecule has 0 aliphatic heterocycles. The molecule has 0 unspecified atom stereocenters. The summed E-state index contributed by atoms with van der Waals surface area (Å²) < 4.78 is 16.8. The molecular formula is C65H108O6. The fourth-order valence-electron chi connectivity index (χ4n) is 7.82. The van der Waals surface area contributed by atoms with Crippen LogP contribution in [0.15, 0.2) is 109 Å². The van der Waals surface area contributed by atoms with Crippen LogP contribution in [0.25, 0.3) is 0 Å². The topological polar surface area (TPSA) is 78.9 Å². The smallest absolute Gasteiger partial charge is 0.306 e. The van der Waals surface area contributed by atoms with Crippen LogP contribution in [0.3, 0.4) is 0 Å². The van der Waals surface area contributed by atoms with Crippen LogP contribution in [0.5, 0.6) is 0 Å². The van der Waals surface area contributed by atoms with Gasteiger partial charge in [-0.3, -0.25) is 14.4 Å². The molecule has 0 fully saturated rings. The molecule has 0 aromatic heterocycles. The summed E-state index contributed by atoms with van der Waals surface area (Å²) in [7, 11) is 0. The summed E-state index contributed by atoms with van der Waals surface area (Å²) in [6, 6.07) is 0. The Labute approximate surface area is 438 Å². The summed E-state index contributed by atoms with van der Waals surface area (Å²) in [5.74, 6) is -0.982. The van der Waals surface area contributed by atoms with Gasteiger partial charge in [-0.25, -0.2) is 0 Å². The predicted octanol–water partition coefficient (Wildman–Crippen LogP) is 19.9. The van der Waals surface area contributed by atoms with Crippen molar-refractivity contribution in [3.63, 3.8) is 0 Å². The van der Waals surface area contributed by atoms with E-state index in [-0.39, 0.29) is 37.5 Å². The summed E-state index contributed by atoms with van der Waals surface area (Å²) in [6.45, 7) is 6.44. The fourth-order valence-corrected chi connectivity index (χ4v) is 7.82. The van der Waals surface area contributed by atoms with Crippen molar-refractivity contribution >= 4 is 17.9 Å². The van der Waals surface area contributed by atoms with Gasteiger partial charge in [-0.1, -0.05) is 226 Å².